The van der Waals surface area contributed by atoms with E-state index in [1.54, 1.807) is 20.8 Å². The highest BCUT2D eigenvalue weighted by Crippen LogP contribution is 2.44. The van der Waals surface area contributed by atoms with Crippen LogP contribution in [0.4, 0.5) is 4.79 Å². The SMILES string of the molecule is CC(C)[C@H](NC(=O)OCC1c2ccccc2-c2ccccc21)C(=O)N[C@@H](Cc1ccccc1)C(=O)OC(C)(C)C. The van der Waals surface area contributed by atoms with Crippen molar-refractivity contribution in [2.24, 2.45) is 5.92 Å². The third-order valence-corrected chi connectivity index (χ3v) is 6.86. The molecule has 0 bridgehead atoms. The summed E-state index contributed by atoms with van der Waals surface area (Å²) in [4.78, 5) is 39.3. The molecule has 2 atom stereocenters. The number of amides is 2. The van der Waals surface area contributed by atoms with Crippen LogP contribution >= 0.6 is 0 Å². The van der Waals surface area contributed by atoms with E-state index in [2.05, 4.69) is 34.9 Å². The van der Waals surface area contributed by atoms with E-state index in [0.29, 0.717) is 0 Å². The Morgan fingerprint density at radius 2 is 1.35 bits per heavy atom. The zero-order chi connectivity index (χ0) is 28.9. The van der Waals surface area contributed by atoms with Crippen LogP contribution in [0, 0.1) is 5.92 Å². The van der Waals surface area contributed by atoms with Crippen molar-refractivity contribution in [2.75, 3.05) is 6.61 Å². The van der Waals surface area contributed by atoms with Crippen LogP contribution in [0.3, 0.4) is 0 Å². The number of fused-ring (bicyclic) bond motifs is 3. The van der Waals surface area contributed by atoms with Crippen LogP contribution in [-0.2, 0) is 25.5 Å². The van der Waals surface area contributed by atoms with Crippen LogP contribution in [0.25, 0.3) is 11.1 Å². The molecule has 3 aromatic rings. The Balaban J connectivity index is 1.43. The van der Waals surface area contributed by atoms with Crippen molar-refractivity contribution in [1.82, 2.24) is 10.6 Å². The van der Waals surface area contributed by atoms with Gasteiger partial charge in [-0.15, -0.1) is 0 Å². The Morgan fingerprint density at radius 3 is 1.90 bits per heavy atom. The van der Waals surface area contributed by atoms with Crippen molar-refractivity contribution in [2.45, 2.75) is 64.6 Å². The molecule has 0 radical (unpaired) electrons. The highest BCUT2D eigenvalue weighted by atomic mass is 16.6. The number of rotatable bonds is 9. The fourth-order valence-corrected chi connectivity index (χ4v) is 4.98. The van der Waals surface area contributed by atoms with Crippen molar-refractivity contribution in [3.63, 3.8) is 0 Å². The Kier molecular flexibility index (Phi) is 8.93. The Hall–Kier alpha value is -4.13. The smallest absolute Gasteiger partial charge is 0.407 e. The van der Waals surface area contributed by atoms with Crippen molar-refractivity contribution < 1.29 is 23.9 Å². The molecule has 1 aliphatic carbocycles. The molecule has 4 rings (SSSR count). The normalized spacial score (nSPS) is 14.1. The Bertz CT molecular complexity index is 1300. The van der Waals surface area contributed by atoms with Gasteiger partial charge in [0.05, 0.1) is 0 Å². The van der Waals surface area contributed by atoms with Gasteiger partial charge < -0.3 is 20.1 Å². The van der Waals surface area contributed by atoms with Gasteiger partial charge in [-0.1, -0.05) is 92.7 Å². The molecule has 0 fully saturated rings. The van der Waals surface area contributed by atoms with Gasteiger partial charge in [0.1, 0.15) is 24.3 Å². The van der Waals surface area contributed by atoms with E-state index >= 15 is 0 Å². The highest BCUT2D eigenvalue weighted by Gasteiger charge is 2.33. The fraction of sp³-hybridized carbons (Fsp3) is 0.364. The molecule has 2 N–H and O–H groups in total. The number of carbonyl (C=O) groups excluding carboxylic acids is 3. The zero-order valence-corrected chi connectivity index (χ0v) is 23.8. The summed E-state index contributed by atoms with van der Waals surface area (Å²) in [5, 5.41) is 5.53. The van der Waals surface area contributed by atoms with Gasteiger partial charge in [0, 0.05) is 12.3 Å². The molecule has 7 heteroatoms. The molecule has 210 valence electrons. The first kappa shape index (κ1) is 28.9. The first-order chi connectivity index (χ1) is 19.0. The second-order valence-corrected chi connectivity index (χ2v) is 11.5. The Morgan fingerprint density at radius 1 is 0.800 bits per heavy atom. The topological polar surface area (TPSA) is 93.7 Å². The van der Waals surface area contributed by atoms with E-state index in [1.807, 2.05) is 68.4 Å². The summed E-state index contributed by atoms with van der Waals surface area (Å²) in [6.45, 7) is 9.13. The zero-order valence-electron chi connectivity index (χ0n) is 23.8. The number of esters is 1. The second-order valence-electron chi connectivity index (χ2n) is 11.5. The lowest BCUT2D eigenvalue weighted by atomic mass is 9.98. The summed E-state index contributed by atoms with van der Waals surface area (Å²) in [5.74, 6) is -1.35. The predicted molar refractivity (Wildman–Crippen MR) is 155 cm³/mol. The van der Waals surface area contributed by atoms with Crippen molar-refractivity contribution in [3.8, 4) is 11.1 Å². The molecule has 0 aromatic heterocycles. The van der Waals surface area contributed by atoms with Gasteiger partial charge in [0.2, 0.25) is 5.91 Å². The third-order valence-electron chi connectivity index (χ3n) is 6.86. The van der Waals surface area contributed by atoms with Crippen molar-refractivity contribution in [3.05, 3.63) is 95.6 Å². The molecule has 40 heavy (non-hydrogen) atoms. The second kappa shape index (κ2) is 12.4. The molecule has 0 aliphatic heterocycles. The summed E-state index contributed by atoms with van der Waals surface area (Å²) >= 11 is 0. The summed E-state index contributed by atoms with van der Waals surface area (Å²) in [5.41, 5.74) is 4.65. The Labute approximate surface area is 236 Å². The number of hydrogen-bond donors (Lipinski definition) is 2. The number of carbonyl (C=O) groups is 3. The molecule has 0 saturated heterocycles. The van der Waals surface area contributed by atoms with Gasteiger partial charge in [0.25, 0.3) is 0 Å². The van der Waals surface area contributed by atoms with Crippen molar-refractivity contribution in [1.29, 1.82) is 0 Å². The fourth-order valence-electron chi connectivity index (χ4n) is 4.98. The quantitative estimate of drug-likeness (QED) is 0.343. The third kappa shape index (κ3) is 7.08. The standard InChI is InChI=1S/C33H38N2O5/c1-21(2)29(30(36)34-28(31(37)40-33(3,4)5)19-22-13-7-6-8-14-22)35-32(38)39-20-27-25-17-11-9-15-23(25)24-16-10-12-18-26(24)27/h6-18,21,27-29H,19-20H2,1-5H3,(H,34,36)(H,35,38)/t28-,29-/m0/s1. The van der Waals surface area contributed by atoms with E-state index in [9.17, 15) is 14.4 Å². The minimum absolute atomic E-state index is 0.0908. The maximum atomic E-state index is 13.4. The van der Waals surface area contributed by atoms with Gasteiger partial charge in [-0.05, 0) is 54.5 Å². The number of alkyl carbamates (subject to hydrolysis) is 1. The molecule has 0 spiro atoms. The summed E-state index contributed by atoms with van der Waals surface area (Å²) in [7, 11) is 0. The lowest BCUT2D eigenvalue weighted by Crippen LogP contribution is -2.55. The number of hydrogen-bond acceptors (Lipinski definition) is 5. The molecular formula is C33H38N2O5. The summed E-state index contributed by atoms with van der Waals surface area (Å²) in [6.07, 6.45) is -0.426. The lowest BCUT2D eigenvalue weighted by Gasteiger charge is -2.27. The van der Waals surface area contributed by atoms with Gasteiger partial charge in [-0.2, -0.15) is 0 Å². The van der Waals surface area contributed by atoms with E-state index in [-0.39, 0.29) is 24.9 Å². The van der Waals surface area contributed by atoms with Gasteiger partial charge >= 0.3 is 12.1 Å². The number of nitrogens with one attached hydrogen (secondary N) is 2. The van der Waals surface area contributed by atoms with E-state index in [0.717, 1.165) is 27.8 Å². The molecule has 7 nitrogen and oxygen atoms in total. The van der Waals surface area contributed by atoms with Crippen LogP contribution < -0.4 is 10.6 Å². The van der Waals surface area contributed by atoms with E-state index in [1.165, 1.54) is 0 Å². The largest absolute Gasteiger partial charge is 0.458 e. The first-order valence-electron chi connectivity index (χ1n) is 13.7. The minimum Gasteiger partial charge on any atom is -0.458 e. The lowest BCUT2D eigenvalue weighted by molar-refractivity contribution is -0.158. The number of benzene rings is 3. The highest BCUT2D eigenvalue weighted by molar-refractivity contribution is 5.90. The van der Waals surface area contributed by atoms with Crippen molar-refractivity contribution >= 4 is 18.0 Å². The number of ether oxygens (including phenoxy) is 2. The maximum Gasteiger partial charge on any atom is 0.407 e. The van der Waals surface area contributed by atoms with Crippen LogP contribution in [0.15, 0.2) is 78.9 Å². The maximum absolute atomic E-state index is 13.4. The molecule has 0 unspecified atom stereocenters. The molecule has 2 amide bonds. The van der Waals surface area contributed by atoms with E-state index in [4.69, 9.17) is 9.47 Å². The summed E-state index contributed by atoms with van der Waals surface area (Å²) < 4.78 is 11.2. The first-order valence-corrected chi connectivity index (χ1v) is 13.7. The molecule has 3 aromatic carbocycles. The monoisotopic (exact) mass is 542 g/mol. The summed E-state index contributed by atoms with van der Waals surface area (Å²) in [6, 6.07) is 23.8. The average molecular weight is 543 g/mol. The minimum atomic E-state index is -0.917. The van der Waals surface area contributed by atoms with Crippen LogP contribution in [0.5, 0.6) is 0 Å². The predicted octanol–water partition coefficient (Wildman–Crippen LogP) is 5.62. The van der Waals surface area contributed by atoms with E-state index < -0.39 is 35.7 Å². The molecule has 1 aliphatic rings. The van der Waals surface area contributed by atoms with Gasteiger partial charge in [-0.3, -0.25) is 4.79 Å². The van der Waals surface area contributed by atoms with Crippen LogP contribution in [-0.4, -0.2) is 42.3 Å². The molecule has 0 saturated carbocycles. The molecule has 0 heterocycles. The van der Waals surface area contributed by atoms with Gasteiger partial charge in [-0.25, -0.2) is 9.59 Å². The molecular weight excluding hydrogens is 504 g/mol. The van der Waals surface area contributed by atoms with Crippen LogP contribution in [0.1, 0.15) is 57.2 Å². The average Bonchev–Trinajstić information content (AvgIpc) is 3.23. The van der Waals surface area contributed by atoms with Gasteiger partial charge in [0.15, 0.2) is 0 Å². The van der Waals surface area contributed by atoms with Crippen LogP contribution in [0.2, 0.25) is 0 Å².